The number of rotatable bonds is 5. The van der Waals surface area contributed by atoms with Gasteiger partial charge in [0.25, 0.3) is 0 Å². The molecule has 1 atom stereocenters. The third kappa shape index (κ3) is 4.09. The Morgan fingerprint density at radius 3 is 2.71 bits per heavy atom. The molecule has 0 saturated carbocycles. The third-order valence-corrected chi connectivity index (χ3v) is 3.66. The van der Waals surface area contributed by atoms with Gasteiger partial charge in [-0.05, 0) is 36.2 Å². The van der Waals surface area contributed by atoms with E-state index < -0.39 is 16.4 Å². The summed E-state index contributed by atoms with van der Waals surface area (Å²) in [7, 11) is 0. The molecule has 0 radical (unpaired) electrons. The van der Waals surface area contributed by atoms with Gasteiger partial charge in [-0.15, -0.1) is 0 Å². The van der Waals surface area contributed by atoms with E-state index in [1.807, 2.05) is 31.2 Å². The molecule has 0 aliphatic heterocycles. The summed E-state index contributed by atoms with van der Waals surface area (Å²) in [6.07, 6.45) is 0. The molecule has 0 fully saturated rings. The van der Waals surface area contributed by atoms with Crippen molar-refractivity contribution in [2.45, 2.75) is 19.5 Å². The van der Waals surface area contributed by atoms with E-state index in [2.05, 4.69) is 21.2 Å². The molecule has 0 spiro atoms. The second kappa shape index (κ2) is 6.78. The Labute approximate surface area is 130 Å². The predicted octanol–water partition coefficient (Wildman–Crippen LogP) is 4.35. The van der Waals surface area contributed by atoms with Crippen molar-refractivity contribution >= 4 is 21.6 Å². The van der Waals surface area contributed by atoms with Crippen LogP contribution in [0, 0.1) is 15.9 Å². The van der Waals surface area contributed by atoms with E-state index in [1.165, 1.54) is 12.1 Å². The Balaban J connectivity index is 2.03. The first kappa shape index (κ1) is 15.6. The van der Waals surface area contributed by atoms with Gasteiger partial charge in [0.1, 0.15) is 0 Å². The fraction of sp³-hybridized carbons (Fsp3) is 0.200. The first-order chi connectivity index (χ1) is 9.97. The van der Waals surface area contributed by atoms with Gasteiger partial charge in [0.05, 0.1) is 4.92 Å². The number of nitrogens with zero attached hydrogens (tertiary/aromatic N) is 1. The molecule has 21 heavy (non-hydrogen) atoms. The van der Waals surface area contributed by atoms with E-state index in [0.717, 1.165) is 10.0 Å². The van der Waals surface area contributed by atoms with Gasteiger partial charge in [0, 0.05) is 23.1 Å². The summed E-state index contributed by atoms with van der Waals surface area (Å²) in [6, 6.07) is 11.9. The first-order valence-corrected chi connectivity index (χ1v) is 7.18. The standard InChI is InChI=1S/C15H14BrFN2O2/c1-10(12-3-2-4-13(16)8-12)18-9-11-5-6-15(19(20)21)14(17)7-11/h2-8,10,18H,9H2,1H3/t10-/m0/s1. The average molecular weight is 353 g/mol. The Kier molecular flexibility index (Phi) is 5.03. The van der Waals surface area contributed by atoms with Crippen LogP contribution in [0.1, 0.15) is 24.1 Å². The fourth-order valence-electron chi connectivity index (χ4n) is 1.97. The second-order valence-electron chi connectivity index (χ2n) is 4.70. The van der Waals surface area contributed by atoms with Crippen LogP contribution in [0.5, 0.6) is 0 Å². The topological polar surface area (TPSA) is 55.2 Å². The molecule has 1 N–H and O–H groups in total. The minimum absolute atomic E-state index is 0.0840. The number of hydrogen-bond acceptors (Lipinski definition) is 3. The summed E-state index contributed by atoms with van der Waals surface area (Å²) >= 11 is 3.42. The molecule has 110 valence electrons. The summed E-state index contributed by atoms with van der Waals surface area (Å²) in [6.45, 7) is 2.44. The molecular formula is C15H14BrFN2O2. The molecule has 0 heterocycles. The van der Waals surface area contributed by atoms with Crippen molar-refractivity contribution in [2.75, 3.05) is 0 Å². The van der Waals surface area contributed by atoms with Crippen LogP contribution in [0.2, 0.25) is 0 Å². The predicted molar refractivity (Wildman–Crippen MR) is 82.5 cm³/mol. The van der Waals surface area contributed by atoms with E-state index >= 15 is 0 Å². The van der Waals surface area contributed by atoms with Crippen LogP contribution >= 0.6 is 15.9 Å². The zero-order valence-electron chi connectivity index (χ0n) is 11.3. The largest absolute Gasteiger partial charge is 0.306 e. The highest BCUT2D eigenvalue weighted by molar-refractivity contribution is 9.10. The third-order valence-electron chi connectivity index (χ3n) is 3.17. The number of halogens is 2. The lowest BCUT2D eigenvalue weighted by Gasteiger charge is -2.14. The normalized spacial score (nSPS) is 12.1. The van der Waals surface area contributed by atoms with E-state index in [9.17, 15) is 14.5 Å². The zero-order chi connectivity index (χ0) is 15.4. The van der Waals surface area contributed by atoms with Gasteiger partial charge >= 0.3 is 5.69 Å². The van der Waals surface area contributed by atoms with Gasteiger partial charge in [-0.3, -0.25) is 10.1 Å². The van der Waals surface area contributed by atoms with Gasteiger partial charge in [-0.2, -0.15) is 4.39 Å². The zero-order valence-corrected chi connectivity index (χ0v) is 12.9. The van der Waals surface area contributed by atoms with Gasteiger partial charge in [-0.25, -0.2) is 0 Å². The van der Waals surface area contributed by atoms with Crippen molar-refractivity contribution in [1.29, 1.82) is 0 Å². The summed E-state index contributed by atoms with van der Waals surface area (Å²) < 4.78 is 14.5. The molecule has 0 aliphatic rings. The maximum Gasteiger partial charge on any atom is 0.304 e. The van der Waals surface area contributed by atoms with Gasteiger partial charge in [0.15, 0.2) is 0 Å². The minimum atomic E-state index is -0.811. The van der Waals surface area contributed by atoms with Crippen LogP contribution in [-0.2, 0) is 6.54 Å². The fourth-order valence-corrected chi connectivity index (χ4v) is 2.39. The van der Waals surface area contributed by atoms with Crippen molar-refractivity contribution in [1.82, 2.24) is 5.32 Å². The number of nitro groups is 1. The number of benzene rings is 2. The Morgan fingerprint density at radius 2 is 2.10 bits per heavy atom. The molecule has 0 saturated heterocycles. The van der Waals surface area contributed by atoms with Crippen LogP contribution in [-0.4, -0.2) is 4.92 Å². The Morgan fingerprint density at radius 1 is 1.33 bits per heavy atom. The monoisotopic (exact) mass is 352 g/mol. The van der Waals surface area contributed by atoms with Crippen molar-refractivity contribution in [3.63, 3.8) is 0 Å². The van der Waals surface area contributed by atoms with Crippen molar-refractivity contribution in [2.24, 2.45) is 0 Å². The van der Waals surface area contributed by atoms with E-state index in [4.69, 9.17) is 0 Å². The molecule has 0 aromatic heterocycles. The molecule has 2 aromatic carbocycles. The smallest absolute Gasteiger partial charge is 0.304 e. The maximum absolute atomic E-state index is 13.5. The first-order valence-electron chi connectivity index (χ1n) is 6.39. The van der Waals surface area contributed by atoms with Crippen molar-refractivity contribution < 1.29 is 9.31 Å². The lowest BCUT2D eigenvalue weighted by molar-refractivity contribution is -0.387. The Hall–Kier alpha value is -1.79. The van der Waals surface area contributed by atoms with Crippen LogP contribution in [0.3, 0.4) is 0 Å². The molecular weight excluding hydrogens is 339 g/mol. The summed E-state index contributed by atoms with van der Waals surface area (Å²) in [5.74, 6) is -0.811. The molecule has 0 aliphatic carbocycles. The minimum Gasteiger partial charge on any atom is -0.306 e. The number of hydrogen-bond donors (Lipinski definition) is 1. The molecule has 2 rings (SSSR count). The van der Waals surface area contributed by atoms with E-state index in [1.54, 1.807) is 6.07 Å². The van der Waals surface area contributed by atoms with Gasteiger partial charge in [0.2, 0.25) is 5.82 Å². The van der Waals surface area contributed by atoms with E-state index in [-0.39, 0.29) is 6.04 Å². The molecule has 6 heteroatoms. The van der Waals surface area contributed by atoms with Crippen molar-refractivity contribution in [3.8, 4) is 0 Å². The van der Waals surface area contributed by atoms with Crippen molar-refractivity contribution in [3.05, 3.63) is 74.0 Å². The average Bonchev–Trinajstić information content (AvgIpc) is 2.44. The lowest BCUT2D eigenvalue weighted by atomic mass is 10.1. The summed E-state index contributed by atoms with van der Waals surface area (Å²) in [4.78, 5) is 9.84. The number of nitro benzene ring substituents is 1. The van der Waals surface area contributed by atoms with Gasteiger partial charge in [-0.1, -0.05) is 34.1 Å². The van der Waals surface area contributed by atoms with E-state index in [0.29, 0.717) is 12.1 Å². The van der Waals surface area contributed by atoms with Crippen LogP contribution in [0.15, 0.2) is 46.9 Å². The highest BCUT2D eigenvalue weighted by atomic mass is 79.9. The summed E-state index contributed by atoms with van der Waals surface area (Å²) in [5, 5.41) is 13.8. The molecule has 0 amide bonds. The van der Waals surface area contributed by atoms with Gasteiger partial charge < -0.3 is 5.32 Å². The quantitative estimate of drug-likeness (QED) is 0.642. The SMILES string of the molecule is C[C@H](NCc1ccc([N+](=O)[O-])c(F)c1)c1cccc(Br)c1. The van der Waals surface area contributed by atoms with Crippen LogP contribution < -0.4 is 5.32 Å². The molecule has 2 aromatic rings. The van der Waals surface area contributed by atoms with Crippen LogP contribution in [0.25, 0.3) is 0 Å². The number of nitrogens with one attached hydrogen (secondary N) is 1. The molecule has 4 nitrogen and oxygen atoms in total. The highest BCUT2D eigenvalue weighted by Crippen LogP contribution is 2.20. The molecule has 0 unspecified atom stereocenters. The summed E-state index contributed by atoms with van der Waals surface area (Å²) in [5.41, 5.74) is 1.27. The highest BCUT2D eigenvalue weighted by Gasteiger charge is 2.14. The second-order valence-corrected chi connectivity index (χ2v) is 5.62. The Bertz CT molecular complexity index is 664. The maximum atomic E-state index is 13.5. The van der Waals surface area contributed by atoms with Crippen LogP contribution in [0.4, 0.5) is 10.1 Å². The lowest BCUT2D eigenvalue weighted by Crippen LogP contribution is -2.18. The molecule has 0 bridgehead atoms.